The third kappa shape index (κ3) is 8.07. The van der Waals surface area contributed by atoms with Gasteiger partial charge in [-0.2, -0.15) is 0 Å². The lowest BCUT2D eigenvalue weighted by atomic mass is 10.0. The molecule has 0 atom stereocenters. The number of benzene rings is 1. The number of carbonyl (C=O) groups excluding carboxylic acids is 1. The number of nitrogens with one attached hydrogen (secondary N) is 2. The number of carbonyl (C=O) groups is 1. The van der Waals surface area contributed by atoms with Crippen LogP contribution >= 0.6 is 24.0 Å². The molecule has 0 unspecified atom stereocenters. The number of nitrogens with zero attached hydrogens (tertiary/aromatic N) is 2. The average Bonchev–Trinajstić information content (AvgIpc) is 3.08. The second kappa shape index (κ2) is 12.1. The summed E-state index contributed by atoms with van der Waals surface area (Å²) in [4.78, 5) is 18.3. The molecule has 1 aliphatic carbocycles. The van der Waals surface area contributed by atoms with E-state index in [1.165, 1.54) is 31.2 Å². The molecule has 140 valence electrons. The highest BCUT2D eigenvalue weighted by Gasteiger charge is 2.18. The Morgan fingerprint density at radius 1 is 1.16 bits per heavy atom. The van der Waals surface area contributed by atoms with E-state index in [4.69, 9.17) is 0 Å². The topological polar surface area (TPSA) is 56.7 Å². The van der Waals surface area contributed by atoms with Crippen LogP contribution < -0.4 is 10.6 Å². The van der Waals surface area contributed by atoms with Gasteiger partial charge in [-0.1, -0.05) is 43.2 Å². The van der Waals surface area contributed by atoms with Crippen LogP contribution in [0.25, 0.3) is 0 Å². The minimum absolute atomic E-state index is 0. The highest BCUT2D eigenvalue weighted by Crippen LogP contribution is 2.27. The van der Waals surface area contributed by atoms with Crippen molar-refractivity contribution in [2.24, 2.45) is 10.9 Å². The van der Waals surface area contributed by atoms with Gasteiger partial charge in [-0.25, -0.2) is 0 Å². The lowest BCUT2D eigenvalue weighted by Gasteiger charge is -2.22. The van der Waals surface area contributed by atoms with Crippen molar-refractivity contribution in [2.45, 2.75) is 38.6 Å². The van der Waals surface area contributed by atoms with Gasteiger partial charge in [0.1, 0.15) is 0 Å². The molecule has 1 aliphatic rings. The zero-order valence-electron chi connectivity index (χ0n) is 15.3. The minimum Gasteiger partial charge on any atom is -0.354 e. The van der Waals surface area contributed by atoms with Gasteiger partial charge < -0.3 is 15.5 Å². The first-order valence-corrected chi connectivity index (χ1v) is 8.91. The molecule has 0 heterocycles. The summed E-state index contributed by atoms with van der Waals surface area (Å²) in [5.74, 6) is 1.61. The molecule has 25 heavy (non-hydrogen) atoms. The molecule has 6 heteroatoms. The third-order valence-electron chi connectivity index (χ3n) is 4.52. The fourth-order valence-electron chi connectivity index (χ4n) is 3.24. The summed E-state index contributed by atoms with van der Waals surface area (Å²) < 4.78 is 0. The molecule has 0 aliphatic heterocycles. The van der Waals surface area contributed by atoms with Crippen LogP contribution in [0.2, 0.25) is 0 Å². The number of hydrogen-bond donors (Lipinski definition) is 2. The molecule has 0 saturated heterocycles. The Morgan fingerprint density at radius 3 is 2.44 bits per heavy atom. The van der Waals surface area contributed by atoms with Gasteiger partial charge in [0.2, 0.25) is 5.91 Å². The van der Waals surface area contributed by atoms with E-state index in [0.29, 0.717) is 25.4 Å². The molecular formula is C19H31IN4O. The Kier molecular flexibility index (Phi) is 10.5. The van der Waals surface area contributed by atoms with E-state index in [1.807, 2.05) is 25.2 Å². The molecule has 2 N–H and O–H groups in total. The van der Waals surface area contributed by atoms with Crippen LogP contribution in [-0.4, -0.2) is 44.0 Å². The van der Waals surface area contributed by atoms with Gasteiger partial charge in [-0.15, -0.1) is 24.0 Å². The molecule has 1 amide bonds. The van der Waals surface area contributed by atoms with Gasteiger partial charge >= 0.3 is 0 Å². The zero-order valence-corrected chi connectivity index (χ0v) is 17.7. The second-order valence-corrected chi connectivity index (χ2v) is 6.52. The highest BCUT2D eigenvalue weighted by atomic mass is 127. The van der Waals surface area contributed by atoms with Crippen molar-refractivity contribution in [3.05, 3.63) is 35.9 Å². The van der Waals surface area contributed by atoms with E-state index in [-0.39, 0.29) is 29.9 Å². The van der Waals surface area contributed by atoms with Crippen molar-refractivity contribution >= 4 is 35.8 Å². The van der Waals surface area contributed by atoms with E-state index in [9.17, 15) is 4.79 Å². The molecule has 2 rings (SSSR count). The molecule has 0 radical (unpaired) electrons. The number of aliphatic imine (C=N–C) groups is 1. The van der Waals surface area contributed by atoms with E-state index in [0.717, 1.165) is 12.5 Å². The quantitative estimate of drug-likeness (QED) is 0.286. The number of guanidine groups is 1. The minimum atomic E-state index is 0. The van der Waals surface area contributed by atoms with Crippen molar-refractivity contribution in [1.82, 2.24) is 15.5 Å². The number of hydrogen-bond acceptors (Lipinski definition) is 2. The fraction of sp³-hybridized carbons (Fsp3) is 0.579. The van der Waals surface area contributed by atoms with Crippen molar-refractivity contribution in [3.63, 3.8) is 0 Å². The van der Waals surface area contributed by atoms with Crippen LogP contribution in [0.5, 0.6) is 0 Å². The smallest absolute Gasteiger partial charge is 0.220 e. The normalized spacial score (nSPS) is 14.7. The first-order chi connectivity index (χ1) is 11.7. The summed E-state index contributed by atoms with van der Waals surface area (Å²) in [6.07, 6.45) is 5.67. The predicted octanol–water partition coefficient (Wildman–Crippen LogP) is 3.01. The fourth-order valence-corrected chi connectivity index (χ4v) is 3.24. The molecule has 5 nitrogen and oxygen atoms in total. The largest absolute Gasteiger partial charge is 0.354 e. The van der Waals surface area contributed by atoms with E-state index in [2.05, 4.69) is 32.7 Å². The van der Waals surface area contributed by atoms with Crippen LogP contribution in [0.3, 0.4) is 0 Å². The predicted molar refractivity (Wildman–Crippen MR) is 114 cm³/mol. The Morgan fingerprint density at radius 2 is 1.80 bits per heavy atom. The van der Waals surface area contributed by atoms with Gasteiger partial charge in [0.15, 0.2) is 5.96 Å². The maximum absolute atomic E-state index is 11.9. The molecule has 1 fully saturated rings. The lowest BCUT2D eigenvalue weighted by molar-refractivity contribution is -0.121. The maximum Gasteiger partial charge on any atom is 0.220 e. The van der Waals surface area contributed by atoms with Crippen LogP contribution in [0.1, 0.15) is 37.7 Å². The molecule has 0 spiro atoms. The summed E-state index contributed by atoms with van der Waals surface area (Å²) in [6.45, 7) is 2.11. The van der Waals surface area contributed by atoms with Crippen molar-refractivity contribution in [2.75, 3.05) is 27.2 Å². The SMILES string of the molecule is CN=C(NCCNC(=O)CC1CCCC1)N(C)Cc1ccccc1.I. The first-order valence-electron chi connectivity index (χ1n) is 8.91. The van der Waals surface area contributed by atoms with Gasteiger partial charge in [0.25, 0.3) is 0 Å². The Labute approximate surface area is 168 Å². The van der Waals surface area contributed by atoms with Gasteiger partial charge in [0.05, 0.1) is 0 Å². The molecule has 1 aromatic carbocycles. The van der Waals surface area contributed by atoms with E-state index >= 15 is 0 Å². The van der Waals surface area contributed by atoms with Crippen LogP contribution in [0.4, 0.5) is 0 Å². The summed E-state index contributed by atoms with van der Waals surface area (Å²) >= 11 is 0. The summed E-state index contributed by atoms with van der Waals surface area (Å²) in [7, 11) is 3.80. The van der Waals surface area contributed by atoms with Crippen molar-refractivity contribution in [3.8, 4) is 0 Å². The Hall–Kier alpha value is -1.31. The monoisotopic (exact) mass is 458 g/mol. The van der Waals surface area contributed by atoms with E-state index < -0.39 is 0 Å². The number of amides is 1. The van der Waals surface area contributed by atoms with Crippen molar-refractivity contribution < 1.29 is 4.79 Å². The molecular weight excluding hydrogens is 427 g/mol. The third-order valence-corrected chi connectivity index (χ3v) is 4.52. The summed E-state index contributed by atoms with van der Waals surface area (Å²) in [5, 5.41) is 6.30. The maximum atomic E-state index is 11.9. The second-order valence-electron chi connectivity index (χ2n) is 6.52. The highest BCUT2D eigenvalue weighted by molar-refractivity contribution is 14.0. The van der Waals surface area contributed by atoms with Crippen LogP contribution in [0.15, 0.2) is 35.3 Å². The Balaban J connectivity index is 0.00000312. The molecule has 0 aromatic heterocycles. The van der Waals surface area contributed by atoms with Gasteiger partial charge in [-0.3, -0.25) is 9.79 Å². The molecule has 1 saturated carbocycles. The van der Waals surface area contributed by atoms with Crippen LogP contribution in [0, 0.1) is 5.92 Å². The van der Waals surface area contributed by atoms with Gasteiger partial charge in [0, 0.05) is 40.2 Å². The zero-order chi connectivity index (χ0) is 17.2. The number of rotatable bonds is 7. The van der Waals surface area contributed by atoms with Crippen LogP contribution in [-0.2, 0) is 11.3 Å². The van der Waals surface area contributed by atoms with Crippen molar-refractivity contribution in [1.29, 1.82) is 0 Å². The number of halogens is 1. The standard InChI is InChI=1S/C19H30N4O.HI/c1-20-19(23(2)15-17-10-4-3-5-11-17)22-13-12-21-18(24)14-16-8-6-7-9-16;/h3-5,10-11,16H,6-9,12-15H2,1-2H3,(H,20,22)(H,21,24);1H. The Bertz CT molecular complexity index is 529. The van der Waals surface area contributed by atoms with E-state index in [1.54, 1.807) is 7.05 Å². The molecule has 1 aromatic rings. The first kappa shape index (κ1) is 21.7. The molecule has 0 bridgehead atoms. The summed E-state index contributed by atoms with van der Waals surface area (Å²) in [6, 6.07) is 10.3. The summed E-state index contributed by atoms with van der Waals surface area (Å²) in [5.41, 5.74) is 1.24. The van der Waals surface area contributed by atoms with Gasteiger partial charge in [-0.05, 0) is 24.3 Å². The lowest BCUT2D eigenvalue weighted by Crippen LogP contribution is -2.42. The average molecular weight is 458 g/mol.